The number of nitrogens with zero attached hydrogens (tertiary/aromatic N) is 1. The van der Waals surface area contributed by atoms with Crippen molar-refractivity contribution >= 4 is 17.4 Å². The van der Waals surface area contributed by atoms with Gasteiger partial charge in [0.1, 0.15) is 0 Å². The van der Waals surface area contributed by atoms with Gasteiger partial charge in [-0.1, -0.05) is 42.5 Å². The molecule has 27 heavy (non-hydrogen) atoms. The van der Waals surface area contributed by atoms with Crippen molar-refractivity contribution < 1.29 is 9.59 Å². The summed E-state index contributed by atoms with van der Waals surface area (Å²) in [5.41, 5.74) is 5.77. The maximum Gasteiger partial charge on any atom is 0.251 e. The van der Waals surface area contributed by atoms with Gasteiger partial charge < -0.3 is 10.2 Å². The molecule has 0 fully saturated rings. The van der Waals surface area contributed by atoms with Crippen molar-refractivity contribution in [1.82, 2.24) is 5.32 Å². The summed E-state index contributed by atoms with van der Waals surface area (Å²) in [6.07, 6.45) is 0. The molecular formula is C23H20N2O2. The largest absolute Gasteiger partial charge is 0.378 e. The van der Waals surface area contributed by atoms with Crippen LogP contribution < -0.4 is 10.2 Å². The Hall–Kier alpha value is -3.40. The van der Waals surface area contributed by atoms with Crippen molar-refractivity contribution in [2.75, 3.05) is 19.0 Å². The van der Waals surface area contributed by atoms with Crippen molar-refractivity contribution in [2.24, 2.45) is 0 Å². The summed E-state index contributed by atoms with van der Waals surface area (Å²) < 4.78 is 0. The summed E-state index contributed by atoms with van der Waals surface area (Å²) in [4.78, 5) is 27.2. The van der Waals surface area contributed by atoms with Crippen LogP contribution in [-0.2, 0) is 6.54 Å². The lowest BCUT2D eigenvalue weighted by atomic mass is 10.0. The van der Waals surface area contributed by atoms with E-state index in [0.717, 1.165) is 22.4 Å². The predicted octanol–water partition coefficient (Wildman–Crippen LogP) is 3.89. The van der Waals surface area contributed by atoms with Gasteiger partial charge in [-0.3, -0.25) is 9.59 Å². The van der Waals surface area contributed by atoms with Gasteiger partial charge in [0.25, 0.3) is 5.91 Å². The van der Waals surface area contributed by atoms with Gasteiger partial charge in [0.05, 0.1) is 0 Å². The van der Waals surface area contributed by atoms with Crippen molar-refractivity contribution in [2.45, 2.75) is 6.54 Å². The van der Waals surface area contributed by atoms with Gasteiger partial charge in [0.15, 0.2) is 5.78 Å². The predicted molar refractivity (Wildman–Crippen MR) is 107 cm³/mol. The quantitative estimate of drug-likeness (QED) is 0.603. The second-order valence-corrected chi connectivity index (χ2v) is 6.88. The molecule has 0 radical (unpaired) electrons. The molecule has 0 aromatic heterocycles. The van der Waals surface area contributed by atoms with Crippen LogP contribution in [0.25, 0.3) is 11.1 Å². The molecule has 134 valence electrons. The first-order chi connectivity index (χ1) is 13.0. The molecule has 0 saturated heterocycles. The first-order valence-electron chi connectivity index (χ1n) is 8.87. The third-order valence-electron chi connectivity index (χ3n) is 4.89. The highest BCUT2D eigenvalue weighted by molar-refractivity contribution is 6.22. The molecule has 0 atom stereocenters. The van der Waals surface area contributed by atoms with Crippen LogP contribution in [0.1, 0.15) is 31.8 Å². The van der Waals surface area contributed by atoms with E-state index in [9.17, 15) is 9.59 Å². The minimum atomic E-state index is -0.182. The maximum atomic E-state index is 12.6. The summed E-state index contributed by atoms with van der Waals surface area (Å²) in [7, 11) is 3.98. The Balaban J connectivity index is 1.50. The van der Waals surface area contributed by atoms with Gasteiger partial charge in [-0.05, 0) is 41.0 Å². The fraction of sp³-hybridized carbons (Fsp3) is 0.130. The fourth-order valence-corrected chi connectivity index (χ4v) is 3.37. The van der Waals surface area contributed by atoms with E-state index in [4.69, 9.17) is 0 Å². The van der Waals surface area contributed by atoms with E-state index in [1.54, 1.807) is 12.1 Å². The number of nitrogens with one attached hydrogen (secondary N) is 1. The number of carbonyl (C=O) groups excluding carboxylic acids is 2. The molecule has 4 nitrogen and oxygen atoms in total. The normalized spacial score (nSPS) is 11.7. The number of anilines is 1. The third-order valence-corrected chi connectivity index (χ3v) is 4.89. The monoisotopic (exact) mass is 356 g/mol. The number of hydrogen-bond acceptors (Lipinski definition) is 3. The molecule has 1 aliphatic rings. The number of hydrogen-bond donors (Lipinski definition) is 1. The first kappa shape index (κ1) is 17.0. The lowest BCUT2D eigenvalue weighted by Gasteiger charge is -2.13. The number of rotatable bonds is 4. The zero-order valence-corrected chi connectivity index (χ0v) is 15.3. The van der Waals surface area contributed by atoms with Gasteiger partial charge >= 0.3 is 0 Å². The fourth-order valence-electron chi connectivity index (χ4n) is 3.37. The molecular weight excluding hydrogens is 336 g/mol. The molecule has 0 spiro atoms. The van der Waals surface area contributed by atoms with E-state index in [-0.39, 0.29) is 11.7 Å². The summed E-state index contributed by atoms with van der Waals surface area (Å²) in [6.45, 7) is 0.442. The molecule has 1 amide bonds. The van der Waals surface area contributed by atoms with E-state index >= 15 is 0 Å². The summed E-state index contributed by atoms with van der Waals surface area (Å²) in [6, 6.07) is 20.9. The van der Waals surface area contributed by atoms with E-state index in [1.807, 2.05) is 73.6 Å². The van der Waals surface area contributed by atoms with E-state index < -0.39 is 0 Å². The molecule has 1 aliphatic carbocycles. The Labute approximate surface area is 158 Å². The Bertz CT molecular complexity index is 1040. The van der Waals surface area contributed by atoms with E-state index in [0.29, 0.717) is 23.2 Å². The summed E-state index contributed by atoms with van der Waals surface area (Å²) in [5, 5.41) is 2.93. The van der Waals surface area contributed by atoms with Crippen molar-refractivity contribution in [3.05, 3.63) is 89.0 Å². The van der Waals surface area contributed by atoms with Crippen LogP contribution in [0.4, 0.5) is 5.69 Å². The van der Waals surface area contributed by atoms with Gasteiger partial charge in [0.2, 0.25) is 0 Å². The van der Waals surface area contributed by atoms with E-state index in [2.05, 4.69) is 5.32 Å². The highest BCUT2D eigenvalue weighted by Crippen LogP contribution is 2.36. The molecule has 1 N–H and O–H groups in total. The molecule has 0 bridgehead atoms. The Morgan fingerprint density at radius 1 is 0.852 bits per heavy atom. The molecule has 3 aromatic carbocycles. The van der Waals surface area contributed by atoms with Gasteiger partial charge in [0, 0.05) is 43.0 Å². The Morgan fingerprint density at radius 2 is 1.52 bits per heavy atom. The summed E-state index contributed by atoms with van der Waals surface area (Å²) in [5.74, 6) is -0.201. The number of ketones is 1. The van der Waals surface area contributed by atoms with Gasteiger partial charge in [-0.15, -0.1) is 0 Å². The smallest absolute Gasteiger partial charge is 0.251 e. The average molecular weight is 356 g/mol. The summed E-state index contributed by atoms with van der Waals surface area (Å²) >= 11 is 0. The highest BCUT2D eigenvalue weighted by Gasteiger charge is 2.26. The van der Waals surface area contributed by atoms with Crippen LogP contribution >= 0.6 is 0 Å². The molecule has 3 aromatic rings. The molecule has 0 saturated carbocycles. The van der Waals surface area contributed by atoms with Crippen molar-refractivity contribution in [3.8, 4) is 11.1 Å². The van der Waals surface area contributed by atoms with Gasteiger partial charge in [-0.2, -0.15) is 0 Å². The molecule has 0 aliphatic heterocycles. The number of carbonyl (C=O) groups is 2. The third kappa shape index (κ3) is 3.10. The van der Waals surface area contributed by atoms with Gasteiger partial charge in [-0.25, -0.2) is 0 Å². The second-order valence-electron chi connectivity index (χ2n) is 6.88. The zero-order chi connectivity index (χ0) is 19.0. The lowest BCUT2D eigenvalue weighted by molar-refractivity contribution is 0.0951. The Kier molecular flexibility index (Phi) is 4.24. The maximum absolute atomic E-state index is 12.6. The molecule has 4 rings (SSSR count). The van der Waals surface area contributed by atoms with Crippen molar-refractivity contribution in [1.29, 1.82) is 0 Å². The van der Waals surface area contributed by atoms with Crippen LogP contribution in [0.3, 0.4) is 0 Å². The number of benzene rings is 3. The lowest BCUT2D eigenvalue weighted by Crippen LogP contribution is -2.23. The Morgan fingerprint density at radius 3 is 2.22 bits per heavy atom. The van der Waals surface area contributed by atoms with E-state index in [1.165, 1.54) is 0 Å². The minimum absolute atomic E-state index is 0.0190. The van der Waals surface area contributed by atoms with Crippen LogP contribution in [0, 0.1) is 0 Å². The molecule has 4 heteroatoms. The topological polar surface area (TPSA) is 49.4 Å². The van der Waals surface area contributed by atoms with Crippen molar-refractivity contribution in [3.63, 3.8) is 0 Å². The number of fused-ring (bicyclic) bond motifs is 3. The van der Waals surface area contributed by atoms with Crippen LogP contribution in [-0.4, -0.2) is 25.8 Å². The molecule has 0 unspecified atom stereocenters. The first-order valence-corrected chi connectivity index (χ1v) is 8.87. The second kappa shape index (κ2) is 6.72. The minimum Gasteiger partial charge on any atom is -0.378 e. The zero-order valence-electron chi connectivity index (χ0n) is 15.3. The average Bonchev–Trinajstić information content (AvgIpc) is 2.98. The van der Waals surface area contributed by atoms with Crippen LogP contribution in [0.2, 0.25) is 0 Å². The highest BCUT2D eigenvalue weighted by atomic mass is 16.1. The van der Waals surface area contributed by atoms with Crippen LogP contribution in [0.15, 0.2) is 66.7 Å². The molecule has 0 heterocycles. The SMILES string of the molecule is CN(C)c1ccc(CNC(=O)c2ccc3c(c2)C(=O)c2ccccc2-3)cc1. The standard InChI is InChI=1S/C23H20N2O2/c1-25(2)17-10-7-15(8-11-17)14-24-23(27)16-9-12-19-18-5-3-4-6-20(18)22(26)21(19)13-16/h3-13H,14H2,1-2H3,(H,24,27). The number of amides is 1. The van der Waals surface area contributed by atoms with Crippen LogP contribution in [0.5, 0.6) is 0 Å².